The number of aryl methyl sites for hydroxylation is 1. The highest BCUT2D eigenvalue weighted by atomic mass is 19.1. The summed E-state index contributed by atoms with van der Waals surface area (Å²) in [7, 11) is 1.72. The lowest BCUT2D eigenvalue weighted by molar-refractivity contribution is -0.128. The number of hydrogen-bond acceptors (Lipinski definition) is 3. The number of likely N-dealkylation sites (N-methyl/N-ethyl adjacent to an activating group) is 1. The third kappa shape index (κ3) is 3.78. The summed E-state index contributed by atoms with van der Waals surface area (Å²) in [6.07, 6.45) is 2.40. The summed E-state index contributed by atoms with van der Waals surface area (Å²) in [5, 5.41) is 9.80. The van der Waals surface area contributed by atoms with E-state index in [1.54, 1.807) is 35.0 Å². The van der Waals surface area contributed by atoms with Crippen LogP contribution in [0.1, 0.15) is 17.7 Å². The van der Waals surface area contributed by atoms with E-state index in [4.69, 9.17) is 0 Å². The van der Waals surface area contributed by atoms with Gasteiger partial charge in [-0.2, -0.15) is 5.10 Å². The van der Waals surface area contributed by atoms with Crippen LogP contribution in [-0.4, -0.2) is 46.3 Å². The number of amides is 3. The van der Waals surface area contributed by atoms with Gasteiger partial charge in [-0.15, -0.1) is 0 Å². The molecule has 25 heavy (non-hydrogen) atoms. The molecular weight excluding hydrogens is 325 g/mol. The van der Waals surface area contributed by atoms with Crippen LogP contribution in [0, 0.1) is 12.7 Å². The summed E-state index contributed by atoms with van der Waals surface area (Å²) in [4.78, 5) is 25.4. The highest BCUT2D eigenvalue weighted by Crippen LogP contribution is 2.13. The number of nitrogens with zero attached hydrogens (tertiary/aromatic N) is 3. The predicted octanol–water partition coefficient (Wildman–Crippen LogP) is 1.35. The minimum Gasteiger partial charge on any atom is -0.344 e. The van der Waals surface area contributed by atoms with Gasteiger partial charge < -0.3 is 15.5 Å². The monoisotopic (exact) mass is 345 g/mol. The van der Waals surface area contributed by atoms with Crippen LogP contribution in [0.4, 0.5) is 9.18 Å². The molecule has 1 saturated heterocycles. The number of rotatable bonds is 4. The van der Waals surface area contributed by atoms with E-state index in [9.17, 15) is 14.0 Å². The summed E-state index contributed by atoms with van der Waals surface area (Å²) >= 11 is 0. The van der Waals surface area contributed by atoms with Gasteiger partial charge >= 0.3 is 6.03 Å². The Morgan fingerprint density at radius 1 is 1.36 bits per heavy atom. The molecule has 0 radical (unpaired) electrons. The van der Waals surface area contributed by atoms with Crippen molar-refractivity contribution in [1.29, 1.82) is 0 Å². The summed E-state index contributed by atoms with van der Waals surface area (Å²) in [5.74, 6) is -0.381. The molecule has 0 aliphatic carbocycles. The molecule has 1 aliphatic rings. The van der Waals surface area contributed by atoms with Gasteiger partial charge in [-0.3, -0.25) is 4.79 Å². The molecule has 0 saturated carbocycles. The zero-order valence-electron chi connectivity index (χ0n) is 14.1. The Morgan fingerprint density at radius 2 is 2.08 bits per heavy atom. The van der Waals surface area contributed by atoms with Crippen molar-refractivity contribution in [3.8, 4) is 5.69 Å². The fourth-order valence-electron chi connectivity index (χ4n) is 2.74. The normalized spacial score (nSPS) is 17.0. The van der Waals surface area contributed by atoms with E-state index < -0.39 is 6.04 Å². The molecule has 8 heteroatoms. The van der Waals surface area contributed by atoms with Gasteiger partial charge in [0.25, 0.3) is 0 Å². The summed E-state index contributed by atoms with van der Waals surface area (Å²) in [5.41, 5.74) is 2.34. The van der Waals surface area contributed by atoms with Gasteiger partial charge in [0.2, 0.25) is 5.91 Å². The van der Waals surface area contributed by atoms with E-state index in [0.717, 1.165) is 16.9 Å². The van der Waals surface area contributed by atoms with Crippen LogP contribution in [0.2, 0.25) is 0 Å². The lowest BCUT2D eigenvalue weighted by atomic mass is 10.2. The van der Waals surface area contributed by atoms with Crippen LogP contribution >= 0.6 is 0 Å². The van der Waals surface area contributed by atoms with Crippen LogP contribution < -0.4 is 10.6 Å². The average Bonchev–Trinajstić information content (AvgIpc) is 3.11. The summed E-state index contributed by atoms with van der Waals surface area (Å²) < 4.78 is 14.6. The first-order chi connectivity index (χ1) is 11.9. The van der Waals surface area contributed by atoms with Crippen molar-refractivity contribution in [2.45, 2.75) is 25.9 Å². The van der Waals surface area contributed by atoms with Crippen molar-refractivity contribution in [3.63, 3.8) is 0 Å². The molecule has 0 spiro atoms. The number of hydrogen-bond donors (Lipinski definition) is 2. The molecule has 2 heterocycles. The average molecular weight is 345 g/mol. The molecule has 132 valence electrons. The summed E-state index contributed by atoms with van der Waals surface area (Å²) in [6.45, 7) is 2.77. The van der Waals surface area contributed by atoms with Crippen molar-refractivity contribution in [2.24, 2.45) is 0 Å². The second kappa shape index (κ2) is 6.92. The Balaban J connectivity index is 1.59. The maximum atomic E-state index is 13.0. The summed E-state index contributed by atoms with van der Waals surface area (Å²) in [6, 6.07) is 5.15. The highest BCUT2D eigenvalue weighted by Gasteiger charge is 2.30. The molecule has 0 bridgehead atoms. The lowest BCUT2D eigenvalue weighted by Gasteiger charge is -2.12. The highest BCUT2D eigenvalue weighted by molar-refractivity contribution is 5.88. The number of carbonyl (C=O) groups is 2. The standard InChI is InChI=1S/C17H20FN5O2/c1-11-12(10-23(21-11)14-5-3-13(18)4-6-14)9-19-17(25)20-15-7-8-22(2)16(15)24/h3-6,10,15H,7-9H2,1-2H3,(H2,19,20,25). The molecule has 2 aromatic rings. The number of likely N-dealkylation sites (tertiary alicyclic amines) is 1. The minimum absolute atomic E-state index is 0.0736. The van der Waals surface area contributed by atoms with E-state index >= 15 is 0 Å². The quantitative estimate of drug-likeness (QED) is 0.878. The molecule has 1 aromatic carbocycles. The van der Waals surface area contributed by atoms with Gasteiger partial charge in [0, 0.05) is 31.9 Å². The zero-order chi connectivity index (χ0) is 18.0. The Bertz CT molecular complexity index is 787. The number of nitrogens with one attached hydrogen (secondary N) is 2. The van der Waals surface area contributed by atoms with E-state index in [0.29, 0.717) is 13.0 Å². The molecule has 7 nitrogen and oxygen atoms in total. The van der Waals surface area contributed by atoms with E-state index in [-0.39, 0.29) is 24.3 Å². The van der Waals surface area contributed by atoms with Crippen molar-refractivity contribution >= 4 is 11.9 Å². The molecule has 3 amide bonds. The number of benzene rings is 1. The topological polar surface area (TPSA) is 79.3 Å². The van der Waals surface area contributed by atoms with Crippen molar-refractivity contribution < 1.29 is 14.0 Å². The Morgan fingerprint density at radius 3 is 2.72 bits per heavy atom. The first-order valence-corrected chi connectivity index (χ1v) is 8.04. The first-order valence-electron chi connectivity index (χ1n) is 8.04. The van der Waals surface area contributed by atoms with Crippen molar-refractivity contribution in [1.82, 2.24) is 25.3 Å². The third-order valence-corrected chi connectivity index (χ3v) is 4.26. The molecule has 1 aliphatic heterocycles. The van der Waals surface area contributed by atoms with Crippen molar-refractivity contribution in [2.75, 3.05) is 13.6 Å². The van der Waals surface area contributed by atoms with Crippen LogP contribution in [0.3, 0.4) is 0 Å². The van der Waals surface area contributed by atoms with Crippen molar-refractivity contribution in [3.05, 3.63) is 47.5 Å². The molecular formula is C17H20FN5O2. The van der Waals surface area contributed by atoms with Crippen LogP contribution in [0.25, 0.3) is 5.69 Å². The van der Waals surface area contributed by atoms with Gasteiger partial charge in [0.15, 0.2) is 0 Å². The SMILES string of the molecule is Cc1nn(-c2ccc(F)cc2)cc1CNC(=O)NC1CCN(C)C1=O. The van der Waals surface area contributed by atoms with Gasteiger partial charge in [-0.25, -0.2) is 13.9 Å². The van der Waals surface area contributed by atoms with E-state index in [1.165, 1.54) is 12.1 Å². The van der Waals surface area contributed by atoms with Gasteiger partial charge in [-0.05, 0) is 37.6 Å². The fourth-order valence-corrected chi connectivity index (χ4v) is 2.74. The molecule has 1 aromatic heterocycles. The fraction of sp³-hybridized carbons (Fsp3) is 0.353. The lowest BCUT2D eigenvalue weighted by Crippen LogP contribution is -2.45. The first kappa shape index (κ1) is 16.9. The number of halogens is 1. The smallest absolute Gasteiger partial charge is 0.315 e. The van der Waals surface area contributed by atoms with Crippen LogP contribution in [0.15, 0.2) is 30.5 Å². The third-order valence-electron chi connectivity index (χ3n) is 4.26. The maximum Gasteiger partial charge on any atom is 0.315 e. The second-order valence-electron chi connectivity index (χ2n) is 6.09. The molecule has 1 fully saturated rings. The molecule has 1 unspecified atom stereocenters. The molecule has 1 atom stereocenters. The predicted molar refractivity (Wildman–Crippen MR) is 89.7 cm³/mol. The van der Waals surface area contributed by atoms with Gasteiger partial charge in [0.05, 0.1) is 11.4 Å². The zero-order valence-corrected chi connectivity index (χ0v) is 14.1. The number of carbonyl (C=O) groups excluding carboxylic acids is 2. The Labute approximate surface area is 144 Å². The van der Waals surface area contributed by atoms with Crippen LogP contribution in [0.5, 0.6) is 0 Å². The van der Waals surface area contributed by atoms with E-state index in [1.807, 2.05) is 6.92 Å². The molecule has 3 rings (SSSR count). The van der Waals surface area contributed by atoms with Crippen LogP contribution in [-0.2, 0) is 11.3 Å². The Hall–Kier alpha value is -2.90. The maximum absolute atomic E-state index is 13.0. The van der Waals surface area contributed by atoms with E-state index in [2.05, 4.69) is 15.7 Å². The van der Waals surface area contributed by atoms with Gasteiger partial charge in [0.1, 0.15) is 11.9 Å². The Kier molecular flexibility index (Phi) is 4.69. The number of aromatic nitrogens is 2. The number of urea groups is 1. The molecule has 2 N–H and O–H groups in total. The minimum atomic E-state index is -0.465. The van der Waals surface area contributed by atoms with Gasteiger partial charge in [-0.1, -0.05) is 0 Å². The second-order valence-corrected chi connectivity index (χ2v) is 6.09. The largest absolute Gasteiger partial charge is 0.344 e.